The minimum absolute atomic E-state index is 0.0270. The summed E-state index contributed by atoms with van der Waals surface area (Å²) in [4.78, 5) is 44.5. The Bertz CT molecular complexity index is 1250. The van der Waals surface area contributed by atoms with Crippen molar-refractivity contribution in [1.29, 1.82) is 0 Å². The molecule has 2 atom stereocenters. The maximum atomic E-state index is 14.2. The molecule has 10 heteroatoms. The molecular formula is C28H32F2N4O4. The highest BCUT2D eigenvalue weighted by atomic mass is 19.1. The van der Waals surface area contributed by atoms with Gasteiger partial charge in [-0.1, -0.05) is 24.3 Å². The van der Waals surface area contributed by atoms with Gasteiger partial charge >= 0.3 is 12.0 Å². The van der Waals surface area contributed by atoms with Crippen molar-refractivity contribution in [3.63, 3.8) is 0 Å². The van der Waals surface area contributed by atoms with Gasteiger partial charge < -0.3 is 15.0 Å². The van der Waals surface area contributed by atoms with Crippen LogP contribution in [0.1, 0.15) is 42.7 Å². The van der Waals surface area contributed by atoms with Crippen LogP contribution in [-0.2, 0) is 9.53 Å². The SMILES string of the molecule is CCOC(=O)C1=C(CN2CCN(C(=O)c3ccccc3F)[C@@H](C)C2)N(CC)C(=O)N[C@H]1c1cccc(F)c1. The van der Waals surface area contributed by atoms with Gasteiger partial charge in [0.15, 0.2) is 0 Å². The van der Waals surface area contributed by atoms with Gasteiger partial charge in [0.25, 0.3) is 5.91 Å². The maximum absolute atomic E-state index is 14.2. The van der Waals surface area contributed by atoms with E-state index in [0.717, 1.165) is 0 Å². The maximum Gasteiger partial charge on any atom is 0.338 e. The fraction of sp³-hybridized carbons (Fsp3) is 0.393. The van der Waals surface area contributed by atoms with E-state index in [-0.39, 0.29) is 36.2 Å². The second-order valence-corrected chi connectivity index (χ2v) is 9.33. The number of urea groups is 1. The van der Waals surface area contributed by atoms with E-state index in [2.05, 4.69) is 5.32 Å². The summed E-state index contributed by atoms with van der Waals surface area (Å²) in [5, 5.41) is 2.83. The third-order valence-corrected chi connectivity index (χ3v) is 6.88. The summed E-state index contributed by atoms with van der Waals surface area (Å²) in [5.41, 5.74) is 1.18. The number of esters is 1. The second-order valence-electron chi connectivity index (χ2n) is 9.33. The molecule has 0 bridgehead atoms. The van der Waals surface area contributed by atoms with Gasteiger partial charge in [0.1, 0.15) is 11.6 Å². The number of carbonyl (C=O) groups excluding carboxylic acids is 3. The highest BCUT2D eigenvalue weighted by molar-refractivity contribution is 5.96. The summed E-state index contributed by atoms with van der Waals surface area (Å²) in [6.07, 6.45) is 0. The van der Waals surface area contributed by atoms with Crippen LogP contribution in [0.2, 0.25) is 0 Å². The molecule has 0 aromatic heterocycles. The van der Waals surface area contributed by atoms with Crippen LogP contribution in [0.15, 0.2) is 59.8 Å². The van der Waals surface area contributed by atoms with E-state index in [1.54, 1.807) is 36.9 Å². The summed E-state index contributed by atoms with van der Waals surface area (Å²) in [6.45, 7) is 7.32. The van der Waals surface area contributed by atoms with Crippen LogP contribution in [-0.4, -0.2) is 78.0 Å². The van der Waals surface area contributed by atoms with Crippen LogP contribution >= 0.6 is 0 Å². The number of piperazine rings is 1. The zero-order valence-corrected chi connectivity index (χ0v) is 21.7. The summed E-state index contributed by atoms with van der Waals surface area (Å²) < 4.78 is 33.7. The second kappa shape index (κ2) is 11.7. The molecule has 0 spiro atoms. The summed E-state index contributed by atoms with van der Waals surface area (Å²) in [6, 6.07) is 10.2. The van der Waals surface area contributed by atoms with Gasteiger partial charge in [0, 0.05) is 44.5 Å². The number of benzene rings is 2. The quantitative estimate of drug-likeness (QED) is 0.557. The van der Waals surface area contributed by atoms with E-state index in [1.807, 2.05) is 11.8 Å². The highest BCUT2D eigenvalue weighted by Crippen LogP contribution is 2.32. The van der Waals surface area contributed by atoms with Crippen LogP contribution < -0.4 is 5.32 Å². The molecule has 0 saturated carbocycles. The lowest BCUT2D eigenvalue weighted by atomic mass is 9.94. The number of nitrogens with zero attached hydrogens (tertiary/aromatic N) is 3. The molecule has 4 rings (SSSR count). The Labute approximate surface area is 220 Å². The Morgan fingerprint density at radius 2 is 1.84 bits per heavy atom. The fourth-order valence-electron chi connectivity index (χ4n) is 5.07. The predicted molar refractivity (Wildman–Crippen MR) is 137 cm³/mol. The molecule has 38 heavy (non-hydrogen) atoms. The topological polar surface area (TPSA) is 82.2 Å². The van der Waals surface area contributed by atoms with E-state index in [0.29, 0.717) is 37.4 Å². The Balaban J connectivity index is 1.64. The first-order valence-electron chi connectivity index (χ1n) is 12.8. The zero-order chi connectivity index (χ0) is 27.4. The van der Waals surface area contributed by atoms with Gasteiger partial charge in [-0.05, 0) is 50.6 Å². The van der Waals surface area contributed by atoms with Gasteiger partial charge in [-0.3, -0.25) is 14.6 Å². The van der Waals surface area contributed by atoms with E-state index in [1.165, 1.54) is 35.2 Å². The van der Waals surface area contributed by atoms with Gasteiger partial charge in [-0.25, -0.2) is 18.4 Å². The Morgan fingerprint density at radius 3 is 2.50 bits per heavy atom. The highest BCUT2D eigenvalue weighted by Gasteiger charge is 2.39. The Kier molecular flexibility index (Phi) is 8.41. The van der Waals surface area contributed by atoms with Crippen molar-refractivity contribution >= 4 is 17.9 Å². The van der Waals surface area contributed by atoms with E-state index in [4.69, 9.17) is 4.74 Å². The van der Waals surface area contributed by atoms with Crippen LogP contribution in [0.3, 0.4) is 0 Å². The predicted octanol–water partition coefficient (Wildman–Crippen LogP) is 3.71. The molecule has 8 nitrogen and oxygen atoms in total. The van der Waals surface area contributed by atoms with Gasteiger partial charge in [0.2, 0.25) is 0 Å². The number of likely N-dealkylation sites (N-methyl/N-ethyl adjacent to an activating group) is 1. The average molecular weight is 527 g/mol. The van der Waals surface area contributed by atoms with Crippen molar-refractivity contribution in [2.24, 2.45) is 0 Å². The minimum Gasteiger partial charge on any atom is -0.463 e. The molecule has 202 valence electrons. The Morgan fingerprint density at radius 1 is 1.08 bits per heavy atom. The molecule has 1 saturated heterocycles. The molecule has 2 aliphatic rings. The van der Waals surface area contributed by atoms with Crippen molar-refractivity contribution < 1.29 is 27.9 Å². The molecule has 0 unspecified atom stereocenters. The smallest absolute Gasteiger partial charge is 0.338 e. The molecule has 2 aromatic carbocycles. The van der Waals surface area contributed by atoms with Crippen LogP contribution in [0.4, 0.5) is 13.6 Å². The van der Waals surface area contributed by atoms with Gasteiger partial charge in [0.05, 0.1) is 23.8 Å². The van der Waals surface area contributed by atoms with Crippen molar-refractivity contribution in [2.75, 3.05) is 39.3 Å². The number of hydrogen-bond acceptors (Lipinski definition) is 5. The third kappa shape index (κ3) is 5.55. The van der Waals surface area contributed by atoms with Crippen molar-refractivity contribution in [3.8, 4) is 0 Å². The first-order valence-corrected chi connectivity index (χ1v) is 12.8. The minimum atomic E-state index is -0.878. The molecule has 2 aliphatic heterocycles. The van der Waals surface area contributed by atoms with Gasteiger partial charge in [-0.15, -0.1) is 0 Å². The first-order chi connectivity index (χ1) is 18.2. The monoisotopic (exact) mass is 526 g/mol. The van der Waals surface area contributed by atoms with E-state index >= 15 is 0 Å². The number of hydrogen-bond donors (Lipinski definition) is 1. The number of carbonyl (C=O) groups is 3. The lowest BCUT2D eigenvalue weighted by Crippen LogP contribution is -2.56. The molecule has 2 aromatic rings. The third-order valence-electron chi connectivity index (χ3n) is 6.88. The summed E-state index contributed by atoms with van der Waals surface area (Å²) in [7, 11) is 0. The molecule has 3 amide bonds. The fourth-order valence-corrected chi connectivity index (χ4v) is 5.07. The van der Waals surface area contributed by atoms with E-state index < -0.39 is 29.7 Å². The lowest BCUT2D eigenvalue weighted by molar-refractivity contribution is -0.139. The molecule has 1 fully saturated rings. The molecule has 2 heterocycles. The largest absolute Gasteiger partial charge is 0.463 e. The van der Waals surface area contributed by atoms with Crippen LogP contribution in [0, 0.1) is 11.6 Å². The number of rotatable bonds is 7. The number of halogens is 2. The van der Waals surface area contributed by atoms with Gasteiger partial charge in [-0.2, -0.15) is 0 Å². The lowest BCUT2D eigenvalue weighted by Gasteiger charge is -2.43. The molecule has 0 radical (unpaired) electrons. The molecule has 0 aliphatic carbocycles. The number of amides is 3. The summed E-state index contributed by atoms with van der Waals surface area (Å²) in [5.74, 6) is -2.01. The van der Waals surface area contributed by atoms with Crippen LogP contribution in [0.25, 0.3) is 0 Å². The first kappa shape index (κ1) is 27.3. The molecular weight excluding hydrogens is 494 g/mol. The zero-order valence-electron chi connectivity index (χ0n) is 21.7. The average Bonchev–Trinajstić information content (AvgIpc) is 2.88. The number of nitrogens with one attached hydrogen (secondary N) is 1. The molecule has 1 N–H and O–H groups in total. The van der Waals surface area contributed by atoms with Crippen molar-refractivity contribution in [1.82, 2.24) is 20.0 Å². The summed E-state index contributed by atoms with van der Waals surface area (Å²) >= 11 is 0. The Hall–Kier alpha value is -3.79. The number of ether oxygens (including phenoxy) is 1. The van der Waals surface area contributed by atoms with Crippen molar-refractivity contribution in [3.05, 3.63) is 82.6 Å². The van der Waals surface area contributed by atoms with Crippen LogP contribution in [0.5, 0.6) is 0 Å². The standard InChI is InChI=1S/C28H32F2N4O4/c1-4-33-23(17-32-13-14-34(18(3)16-32)26(35)21-11-6-7-12-22(21)30)24(27(36)38-5-2)25(31-28(33)37)19-9-8-10-20(29)15-19/h6-12,15,18,25H,4-5,13-14,16-17H2,1-3H3,(H,31,37)/t18-,25-/m0/s1. The van der Waals surface area contributed by atoms with Crippen molar-refractivity contribution in [2.45, 2.75) is 32.9 Å². The van der Waals surface area contributed by atoms with E-state index in [9.17, 15) is 23.2 Å². The normalized spacial score (nSPS) is 20.4.